The zero-order valence-corrected chi connectivity index (χ0v) is 12.0. The summed E-state index contributed by atoms with van der Waals surface area (Å²) in [6.07, 6.45) is 3.65. The lowest BCUT2D eigenvalue weighted by Gasteiger charge is -2.22. The highest BCUT2D eigenvalue weighted by atomic mass is 16.5. The van der Waals surface area contributed by atoms with Crippen molar-refractivity contribution in [2.45, 2.75) is 20.0 Å². The molecule has 1 heterocycles. The summed E-state index contributed by atoms with van der Waals surface area (Å²) in [5.41, 5.74) is 9.00. The van der Waals surface area contributed by atoms with E-state index in [1.54, 1.807) is 7.11 Å². The molecule has 0 amide bonds. The standard InChI is InChI=1S/C16H21N3O/c1-3-19(11-13-6-8-18-9-7-13)12-14-10-15(17)4-5-16(14)20-2/h4-10H,3,11-12,17H2,1-2H3. The van der Waals surface area contributed by atoms with Crippen molar-refractivity contribution in [1.29, 1.82) is 0 Å². The van der Waals surface area contributed by atoms with Gasteiger partial charge in [-0.25, -0.2) is 0 Å². The van der Waals surface area contributed by atoms with Gasteiger partial charge in [-0.1, -0.05) is 6.92 Å². The van der Waals surface area contributed by atoms with Crippen LogP contribution in [0.15, 0.2) is 42.7 Å². The molecule has 0 aliphatic carbocycles. The van der Waals surface area contributed by atoms with Crippen LogP contribution < -0.4 is 10.5 Å². The molecule has 0 atom stereocenters. The highest BCUT2D eigenvalue weighted by Gasteiger charge is 2.09. The molecule has 0 saturated heterocycles. The Labute approximate surface area is 120 Å². The van der Waals surface area contributed by atoms with E-state index in [1.165, 1.54) is 5.56 Å². The minimum atomic E-state index is 0.765. The maximum absolute atomic E-state index is 5.87. The lowest BCUT2D eigenvalue weighted by Crippen LogP contribution is -2.22. The highest BCUT2D eigenvalue weighted by Crippen LogP contribution is 2.23. The van der Waals surface area contributed by atoms with Crippen LogP contribution in [0.5, 0.6) is 5.75 Å². The molecule has 4 heteroatoms. The molecule has 0 aliphatic heterocycles. The SMILES string of the molecule is CCN(Cc1ccncc1)Cc1cc(N)ccc1OC. The van der Waals surface area contributed by atoms with Crippen LogP contribution in [0.2, 0.25) is 0 Å². The molecule has 0 aliphatic rings. The van der Waals surface area contributed by atoms with Crippen LogP contribution in [0.4, 0.5) is 5.69 Å². The Morgan fingerprint density at radius 3 is 2.55 bits per heavy atom. The van der Waals surface area contributed by atoms with Gasteiger partial charge in [0.15, 0.2) is 0 Å². The monoisotopic (exact) mass is 271 g/mol. The smallest absolute Gasteiger partial charge is 0.123 e. The minimum Gasteiger partial charge on any atom is -0.496 e. The zero-order valence-electron chi connectivity index (χ0n) is 12.0. The Balaban J connectivity index is 2.12. The molecule has 0 radical (unpaired) electrons. The van der Waals surface area contributed by atoms with E-state index < -0.39 is 0 Å². The predicted molar refractivity (Wildman–Crippen MR) is 81.4 cm³/mol. The zero-order chi connectivity index (χ0) is 14.4. The fourth-order valence-corrected chi connectivity index (χ4v) is 2.19. The molecule has 1 aromatic carbocycles. The van der Waals surface area contributed by atoms with E-state index in [1.807, 2.05) is 42.7 Å². The number of nitrogen functional groups attached to an aromatic ring is 1. The van der Waals surface area contributed by atoms with Crippen molar-refractivity contribution >= 4 is 5.69 Å². The lowest BCUT2D eigenvalue weighted by molar-refractivity contribution is 0.266. The van der Waals surface area contributed by atoms with Crippen molar-refractivity contribution in [1.82, 2.24) is 9.88 Å². The predicted octanol–water partition coefficient (Wildman–Crippen LogP) is 2.69. The molecule has 0 unspecified atom stereocenters. The van der Waals surface area contributed by atoms with E-state index in [0.29, 0.717) is 0 Å². The van der Waals surface area contributed by atoms with Crippen molar-refractivity contribution in [3.05, 3.63) is 53.9 Å². The number of benzene rings is 1. The van der Waals surface area contributed by atoms with Crippen LogP contribution in [0, 0.1) is 0 Å². The molecule has 4 nitrogen and oxygen atoms in total. The quantitative estimate of drug-likeness (QED) is 0.821. The Hall–Kier alpha value is -2.07. The summed E-state index contributed by atoms with van der Waals surface area (Å²) in [6.45, 7) is 4.81. The second-order valence-electron chi connectivity index (χ2n) is 4.73. The van der Waals surface area contributed by atoms with Gasteiger partial charge in [0, 0.05) is 36.7 Å². The minimum absolute atomic E-state index is 0.765. The normalized spacial score (nSPS) is 10.8. The molecule has 0 spiro atoms. The first-order valence-electron chi connectivity index (χ1n) is 6.76. The van der Waals surface area contributed by atoms with E-state index in [9.17, 15) is 0 Å². The number of hydrogen-bond acceptors (Lipinski definition) is 4. The third kappa shape index (κ3) is 3.71. The van der Waals surface area contributed by atoms with Gasteiger partial charge in [0.1, 0.15) is 5.75 Å². The maximum atomic E-state index is 5.87. The van der Waals surface area contributed by atoms with Crippen molar-refractivity contribution in [3.8, 4) is 5.75 Å². The highest BCUT2D eigenvalue weighted by molar-refractivity contribution is 5.47. The van der Waals surface area contributed by atoms with E-state index in [4.69, 9.17) is 10.5 Å². The number of pyridine rings is 1. The first kappa shape index (κ1) is 14.3. The summed E-state index contributed by atoms with van der Waals surface area (Å²) in [4.78, 5) is 6.39. The van der Waals surface area contributed by atoms with Gasteiger partial charge < -0.3 is 10.5 Å². The fourth-order valence-electron chi connectivity index (χ4n) is 2.19. The number of nitrogens with zero attached hydrogens (tertiary/aromatic N) is 2. The number of methoxy groups -OCH3 is 1. The maximum Gasteiger partial charge on any atom is 0.123 e. The van der Waals surface area contributed by atoms with Gasteiger partial charge >= 0.3 is 0 Å². The van der Waals surface area contributed by atoms with Gasteiger partial charge in [0.25, 0.3) is 0 Å². The summed E-state index contributed by atoms with van der Waals surface area (Å²) in [5, 5.41) is 0. The Bertz CT molecular complexity index is 543. The summed E-state index contributed by atoms with van der Waals surface area (Å²) in [6, 6.07) is 9.85. The van der Waals surface area contributed by atoms with Gasteiger partial charge in [-0.05, 0) is 42.4 Å². The Morgan fingerprint density at radius 2 is 1.90 bits per heavy atom. The molecule has 0 fully saturated rings. The molecule has 2 N–H and O–H groups in total. The molecule has 20 heavy (non-hydrogen) atoms. The molecule has 0 bridgehead atoms. The van der Waals surface area contributed by atoms with Gasteiger partial charge in [0.2, 0.25) is 0 Å². The molecule has 1 aromatic heterocycles. The van der Waals surface area contributed by atoms with Crippen molar-refractivity contribution in [2.24, 2.45) is 0 Å². The first-order valence-corrected chi connectivity index (χ1v) is 6.76. The topological polar surface area (TPSA) is 51.4 Å². The van der Waals surface area contributed by atoms with Crippen LogP contribution in [-0.2, 0) is 13.1 Å². The van der Waals surface area contributed by atoms with Crippen LogP contribution in [0.3, 0.4) is 0 Å². The van der Waals surface area contributed by atoms with Crippen LogP contribution >= 0.6 is 0 Å². The van der Waals surface area contributed by atoms with Crippen molar-refractivity contribution in [2.75, 3.05) is 19.4 Å². The number of nitrogens with two attached hydrogens (primary N) is 1. The summed E-state index contributed by atoms with van der Waals surface area (Å²) >= 11 is 0. The summed E-state index contributed by atoms with van der Waals surface area (Å²) in [5.74, 6) is 0.882. The molecule has 2 aromatic rings. The van der Waals surface area contributed by atoms with Gasteiger partial charge in [-0.2, -0.15) is 0 Å². The summed E-state index contributed by atoms with van der Waals surface area (Å²) < 4.78 is 5.40. The van der Waals surface area contributed by atoms with E-state index in [2.05, 4.69) is 16.8 Å². The molecule has 2 rings (SSSR count). The lowest BCUT2D eigenvalue weighted by atomic mass is 10.1. The second-order valence-corrected chi connectivity index (χ2v) is 4.73. The van der Waals surface area contributed by atoms with Gasteiger partial charge in [-0.3, -0.25) is 9.88 Å². The number of anilines is 1. The van der Waals surface area contributed by atoms with Crippen LogP contribution in [0.1, 0.15) is 18.1 Å². The van der Waals surface area contributed by atoms with Crippen molar-refractivity contribution < 1.29 is 4.74 Å². The number of hydrogen-bond donors (Lipinski definition) is 1. The molecule has 106 valence electrons. The summed E-state index contributed by atoms with van der Waals surface area (Å²) in [7, 11) is 1.69. The van der Waals surface area contributed by atoms with Gasteiger partial charge in [0.05, 0.1) is 7.11 Å². The number of aromatic nitrogens is 1. The second kappa shape index (κ2) is 6.91. The largest absolute Gasteiger partial charge is 0.496 e. The average molecular weight is 271 g/mol. The van der Waals surface area contributed by atoms with E-state index in [0.717, 1.165) is 36.6 Å². The number of rotatable bonds is 6. The van der Waals surface area contributed by atoms with Crippen LogP contribution in [-0.4, -0.2) is 23.5 Å². The Morgan fingerprint density at radius 1 is 1.15 bits per heavy atom. The van der Waals surface area contributed by atoms with Crippen molar-refractivity contribution in [3.63, 3.8) is 0 Å². The average Bonchev–Trinajstić information content (AvgIpc) is 2.48. The van der Waals surface area contributed by atoms with E-state index >= 15 is 0 Å². The third-order valence-corrected chi connectivity index (χ3v) is 3.30. The van der Waals surface area contributed by atoms with E-state index in [-0.39, 0.29) is 0 Å². The molecular formula is C16H21N3O. The fraction of sp³-hybridized carbons (Fsp3) is 0.312. The van der Waals surface area contributed by atoms with Crippen LogP contribution in [0.25, 0.3) is 0 Å². The molecule has 0 saturated carbocycles. The first-order chi connectivity index (χ1) is 9.72. The van der Waals surface area contributed by atoms with Gasteiger partial charge in [-0.15, -0.1) is 0 Å². The number of ether oxygens (including phenoxy) is 1. The molecular weight excluding hydrogens is 250 g/mol. The Kier molecular flexibility index (Phi) is 4.96. The third-order valence-electron chi connectivity index (χ3n) is 3.30.